The number of hydrogen-bond acceptors (Lipinski definition) is 2. The molecule has 0 unspecified atom stereocenters. The number of pyridine rings is 2. The average Bonchev–Trinajstić information content (AvgIpc) is 3.22. The van der Waals surface area contributed by atoms with Gasteiger partial charge in [0.05, 0.1) is 23.1 Å². The second-order valence-electron chi connectivity index (χ2n) is 7.99. The van der Waals surface area contributed by atoms with Crippen LogP contribution in [0.3, 0.4) is 0 Å². The summed E-state index contributed by atoms with van der Waals surface area (Å²) in [6.45, 7) is 2.15. The minimum atomic E-state index is 0.642. The van der Waals surface area contributed by atoms with Gasteiger partial charge in [-0.25, -0.2) is 4.52 Å². The van der Waals surface area contributed by atoms with Crippen LogP contribution in [-0.2, 0) is 0 Å². The van der Waals surface area contributed by atoms with Crippen molar-refractivity contribution >= 4 is 21.4 Å². The third kappa shape index (κ3) is 3.40. The Morgan fingerprint density at radius 3 is 2.45 bits per heavy atom. The van der Waals surface area contributed by atoms with Crippen LogP contribution in [0.5, 0.6) is 0 Å². The van der Waals surface area contributed by atoms with Crippen molar-refractivity contribution in [1.82, 2.24) is 14.6 Å². The Morgan fingerprint density at radius 2 is 1.72 bits per heavy atom. The standard InChI is InChI=1S/C25H24BrN3/c1-17-25(26)21(18-8-4-2-5-9-18)14-24-22(16-28-29(17)24)20-12-13-23(27-15-20)19-10-6-3-7-11-19/h3,6-7,10-16,18H,2,4-5,8-9H2,1H3. The highest BCUT2D eigenvalue weighted by atomic mass is 79.9. The highest BCUT2D eigenvalue weighted by Gasteiger charge is 2.22. The highest BCUT2D eigenvalue weighted by Crippen LogP contribution is 2.39. The summed E-state index contributed by atoms with van der Waals surface area (Å²) >= 11 is 3.86. The molecule has 1 aromatic carbocycles. The van der Waals surface area contributed by atoms with E-state index in [1.165, 1.54) is 53.4 Å². The molecule has 1 aliphatic rings. The van der Waals surface area contributed by atoms with Crippen LogP contribution in [-0.4, -0.2) is 14.6 Å². The highest BCUT2D eigenvalue weighted by molar-refractivity contribution is 9.10. The number of halogens is 1. The number of benzene rings is 1. The summed E-state index contributed by atoms with van der Waals surface area (Å²) < 4.78 is 3.26. The lowest BCUT2D eigenvalue weighted by Gasteiger charge is -2.24. The molecule has 0 amide bonds. The van der Waals surface area contributed by atoms with Crippen molar-refractivity contribution in [2.45, 2.75) is 44.9 Å². The van der Waals surface area contributed by atoms with E-state index in [0.717, 1.165) is 22.4 Å². The zero-order valence-electron chi connectivity index (χ0n) is 16.6. The normalized spacial score (nSPS) is 15.1. The predicted octanol–water partition coefficient (Wildman–Crippen LogP) is 7.18. The first-order valence-electron chi connectivity index (χ1n) is 10.4. The Labute approximate surface area is 179 Å². The molecular weight excluding hydrogens is 422 g/mol. The van der Waals surface area contributed by atoms with E-state index in [4.69, 9.17) is 4.98 Å². The molecule has 0 aliphatic heterocycles. The molecule has 1 saturated carbocycles. The van der Waals surface area contributed by atoms with Gasteiger partial charge in [-0.2, -0.15) is 5.10 Å². The lowest BCUT2D eigenvalue weighted by Crippen LogP contribution is -2.08. The molecule has 29 heavy (non-hydrogen) atoms. The second kappa shape index (κ2) is 7.75. The number of fused-ring (bicyclic) bond motifs is 1. The van der Waals surface area contributed by atoms with Crippen molar-refractivity contribution in [3.63, 3.8) is 0 Å². The molecular formula is C25H24BrN3. The van der Waals surface area contributed by atoms with Crippen molar-refractivity contribution < 1.29 is 0 Å². The molecule has 3 nitrogen and oxygen atoms in total. The SMILES string of the molecule is Cc1c(Br)c(C2CCCCC2)cc2c(-c3ccc(-c4ccccc4)nc3)cnn12. The summed E-state index contributed by atoms with van der Waals surface area (Å²) in [5.41, 5.74) is 8.15. The van der Waals surface area contributed by atoms with Gasteiger partial charge >= 0.3 is 0 Å². The van der Waals surface area contributed by atoms with Crippen molar-refractivity contribution in [2.24, 2.45) is 0 Å². The van der Waals surface area contributed by atoms with Gasteiger partial charge in [0.25, 0.3) is 0 Å². The minimum Gasteiger partial charge on any atom is -0.256 e. The lowest BCUT2D eigenvalue weighted by molar-refractivity contribution is 0.442. The fourth-order valence-electron chi connectivity index (χ4n) is 4.54. The summed E-state index contributed by atoms with van der Waals surface area (Å²) in [7, 11) is 0. The first-order chi connectivity index (χ1) is 14.2. The Balaban J connectivity index is 1.57. The van der Waals surface area contributed by atoms with Crippen molar-refractivity contribution in [3.8, 4) is 22.4 Å². The van der Waals surface area contributed by atoms with E-state index in [1.807, 2.05) is 30.6 Å². The van der Waals surface area contributed by atoms with Crippen LogP contribution in [0.1, 0.15) is 49.3 Å². The van der Waals surface area contributed by atoms with Gasteiger partial charge in [0.2, 0.25) is 0 Å². The van der Waals surface area contributed by atoms with Crippen molar-refractivity contribution in [2.75, 3.05) is 0 Å². The predicted molar refractivity (Wildman–Crippen MR) is 122 cm³/mol. The zero-order valence-corrected chi connectivity index (χ0v) is 18.2. The number of hydrogen-bond donors (Lipinski definition) is 0. The molecule has 0 radical (unpaired) electrons. The van der Waals surface area contributed by atoms with Gasteiger partial charge in [0, 0.05) is 27.4 Å². The van der Waals surface area contributed by atoms with Gasteiger partial charge in [0.15, 0.2) is 0 Å². The molecule has 0 N–H and O–H groups in total. The molecule has 1 fully saturated rings. The van der Waals surface area contributed by atoms with Crippen molar-refractivity contribution in [3.05, 3.63) is 76.7 Å². The maximum absolute atomic E-state index is 4.72. The van der Waals surface area contributed by atoms with E-state index in [0.29, 0.717) is 5.92 Å². The molecule has 0 saturated heterocycles. The first kappa shape index (κ1) is 18.6. The summed E-state index contributed by atoms with van der Waals surface area (Å²) in [6, 6.07) is 16.9. The lowest BCUT2D eigenvalue weighted by atomic mass is 9.84. The van der Waals surface area contributed by atoms with Crippen LogP contribution in [0.4, 0.5) is 0 Å². The van der Waals surface area contributed by atoms with E-state index >= 15 is 0 Å². The van der Waals surface area contributed by atoms with Gasteiger partial charge in [-0.05, 0) is 59.3 Å². The molecule has 4 aromatic rings. The van der Waals surface area contributed by atoms with Crippen LogP contribution < -0.4 is 0 Å². The van der Waals surface area contributed by atoms with E-state index in [2.05, 4.69) is 62.8 Å². The third-order valence-electron chi connectivity index (χ3n) is 6.18. The fraction of sp³-hybridized carbons (Fsp3) is 0.280. The van der Waals surface area contributed by atoms with Gasteiger partial charge in [-0.15, -0.1) is 0 Å². The van der Waals surface area contributed by atoms with Gasteiger partial charge in [-0.3, -0.25) is 4.98 Å². The largest absolute Gasteiger partial charge is 0.256 e. The maximum atomic E-state index is 4.72. The Morgan fingerprint density at radius 1 is 0.931 bits per heavy atom. The van der Waals surface area contributed by atoms with Gasteiger partial charge in [-0.1, -0.05) is 55.7 Å². The van der Waals surface area contributed by atoms with E-state index in [9.17, 15) is 0 Å². The molecule has 3 aromatic heterocycles. The molecule has 5 rings (SSSR count). The minimum absolute atomic E-state index is 0.642. The van der Waals surface area contributed by atoms with E-state index in [-0.39, 0.29) is 0 Å². The summed E-state index contributed by atoms with van der Waals surface area (Å²) in [5, 5.41) is 4.68. The van der Waals surface area contributed by atoms with E-state index < -0.39 is 0 Å². The van der Waals surface area contributed by atoms with Crippen LogP contribution in [0.25, 0.3) is 27.9 Å². The van der Waals surface area contributed by atoms with E-state index in [1.54, 1.807) is 0 Å². The fourth-order valence-corrected chi connectivity index (χ4v) is 5.15. The van der Waals surface area contributed by atoms with Crippen molar-refractivity contribution in [1.29, 1.82) is 0 Å². The molecule has 146 valence electrons. The molecule has 1 aliphatic carbocycles. The summed E-state index contributed by atoms with van der Waals surface area (Å²) in [4.78, 5) is 4.72. The van der Waals surface area contributed by atoms with Crippen LogP contribution in [0.2, 0.25) is 0 Å². The summed E-state index contributed by atoms with van der Waals surface area (Å²) in [5.74, 6) is 0.642. The number of rotatable bonds is 3. The number of aryl methyl sites for hydroxylation is 1. The monoisotopic (exact) mass is 445 g/mol. The topological polar surface area (TPSA) is 30.2 Å². The average molecular weight is 446 g/mol. The molecule has 4 heteroatoms. The quantitative estimate of drug-likeness (QED) is 0.334. The Hall–Kier alpha value is -2.46. The maximum Gasteiger partial charge on any atom is 0.0747 e. The Bertz CT molecular complexity index is 1140. The number of nitrogens with zero attached hydrogens (tertiary/aromatic N) is 3. The smallest absolute Gasteiger partial charge is 0.0747 e. The second-order valence-corrected chi connectivity index (χ2v) is 8.78. The number of aromatic nitrogens is 3. The molecule has 3 heterocycles. The summed E-state index contributed by atoms with van der Waals surface area (Å²) in [6.07, 6.45) is 10.5. The van der Waals surface area contributed by atoms with Crippen LogP contribution >= 0.6 is 15.9 Å². The van der Waals surface area contributed by atoms with Gasteiger partial charge in [0.1, 0.15) is 0 Å². The molecule has 0 atom stereocenters. The van der Waals surface area contributed by atoms with Crippen LogP contribution in [0, 0.1) is 6.92 Å². The zero-order chi connectivity index (χ0) is 19.8. The van der Waals surface area contributed by atoms with Crippen LogP contribution in [0.15, 0.2) is 65.4 Å². The molecule has 0 bridgehead atoms. The van der Waals surface area contributed by atoms with Gasteiger partial charge < -0.3 is 0 Å². The molecule has 0 spiro atoms. The first-order valence-corrected chi connectivity index (χ1v) is 11.2. The Kier molecular flexibility index (Phi) is 4.96. The third-order valence-corrected chi connectivity index (χ3v) is 7.21.